The second-order valence-electron chi connectivity index (χ2n) is 4.89. The molecule has 0 spiro atoms. The monoisotopic (exact) mass is 305 g/mol. The van der Waals surface area contributed by atoms with Crippen LogP contribution >= 0.6 is 0 Å². The minimum atomic E-state index is -0.444. The quantitative estimate of drug-likeness (QED) is 0.603. The second kappa shape index (κ2) is 7.06. The van der Waals surface area contributed by atoms with Gasteiger partial charge in [0.05, 0.1) is 19.8 Å². The molecule has 0 aliphatic carbocycles. The van der Waals surface area contributed by atoms with Crippen molar-refractivity contribution >= 4 is 23.2 Å². The van der Waals surface area contributed by atoms with Gasteiger partial charge in [0.15, 0.2) is 0 Å². The molecule has 0 saturated carbocycles. The van der Waals surface area contributed by atoms with Gasteiger partial charge in [-0.2, -0.15) is 0 Å². The molecule has 0 fully saturated rings. The van der Waals surface area contributed by atoms with Crippen molar-refractivity contribution < 1.29 is 19.8 Å². The highest BCUT2D eigenvalue weighted by molar-refractivity contribution is 6.17. The molecule has 0 saturated heterocycles. The predicted molar refractivity (Wildman–Crippen MR) is 82.3 cm³/mol. The van der Waals surface area contributed by atoms with Crippen LogP contribution in [0.2, 0.25) is 0 Å². The van der Waals surface area contributed by atoms with E-state index in [-0.39, 0.29) is 25.5 Å². The molecule has 22 heavy (non-hydrogen) atoms. The Kier molecular flexibility index (Phi) is 5.13. The van der Waals surface area contributed by atoms with Gasteiger partial charge in [0.2, 0.25) is 0 Å². The first-order chi connectivity index (χ1) is 10.6. The van der Waals surface area contributed by atoms with Crippen molar-refractivity contribution in [2.45, 2.75) is 0 Å². The van der Waals surface area contributed by atoms with Crippen molar-refractivity contribution in [2.24, 2.45) is 0 Å². The Morgan fingerprint density at radius 2 is 1.82 bits per heavy atom. The summed E-state index contributed by atoms with van der Waals surface area (Å²) in [7, 11) is 1.87. The first-order valence-electron chi connectivity index (χ1n) is 6.94. The average molecular weight is 305 g/mol. The summed E-state index contributed by atoms with van der Waals surface area (Å²) in [5.74, 6) is -0.874. The number of hydrogen-bond donors (Lipinski definition) is 3. The molecule has 0 aromatic heterocycles. The summed E-state index contributed by atoms with van der Waals surface area (Å²) in [4.78, 5) is 26.5. The van der Waals surface area contributed by atoms with E-state index in [2.05, 4.69) is 5.32 Å². The smallest absolute Gasteiger partial charge is 0.277 e. The van der Waals surface area contributed by atoms with Crippen molar-refractivity contribution in [1.82, 2.24) is 4.90 Å². The van der Waals surface area contributed by atoms with Crippen LogP contribution in [0.5, 0.6) is 0 Å². The molecule has 0 unspecified atom stereocenters. The van der Waals surface area contributed by atoms with Gasteiger partial charge in [-0.15, -0.1) is 0 Å². The number of aliphatic hydroxyl groups is 2. The SMILES string of the molecule is CN(CCO)c1ccc(NC2=CC(=O)N(CCO)C2=O)cc1. The van der Waals surface area contributed by atoms with Gasteiger partial charge in [0.1, 0.15) is 5.70 Å². The highest BCUT2D eigenvalue weighted by Crippen LogP contribution is 2.20. The third-order valence-electron chi connectivity index (χ3n) is 3.36. The third-order valence-corrected chi connectivity index (χ3v) is 3.36. The highest BCUT2D eigenvalue weighted by atomic mass is 16.3. The number of β-amino-alcohol motifs (C(OH)–C–C–N with tert-alkyl or cyclic N) is 1. The molecular weight excluding hydrogens is 286 g/mol. The lowest BCUT2D eigenvalue weighted by Crippen LogP contribution is -2.34. The molecule has 7 heteroatoms. The summed E-state index contributed by atoms with van der Waals surface area (Å²) >= 11 is 0. The molecule has 0 atom stereocenters. The van der Waals surface area contributed by atoms with Crippen LogP contribution < -0.4 is 10.2 Å². The number of rotatable bonds is 7. The number of hydrogen-bond acceptors (Lipinski definition) is 6. The van der Waals surface area contributed by atoms with Gasteiger partial charge in [-0.1, -0.05) is 0 Å². The number of amides is 2. The van der Waals surface area contributed by atoms with Gasteiger partial charge in [-0.3, -0.25) is 14.5 Å². The van der Waals surface area contributed by atoms with Crippen LogP contribution in [0.1, 0.15) is 0 Å². The fourth-order valence-corrected chi connectivity index (χ4v) is 2.14. The summed E-state index contributed by atoms with van der Waals surface area (Å²) in [6, 6.07) is 7.28. The zero-order valence-electron chi connectivity index (χ0n) is 12.3. The van der Waals surface area contributed by atoms with Crippen molar-refractivity contribution in [3.8, 4) is 0 Å². The van der Waals surface area contributed by atoms with Gasteiger partial charge >= 0.3 is 0 Å². The fourth-order valence-electron chi connectivity index (χ4n) is 2.14. The van der Waals surface area contributed by atoms with Crippen molar-refractivity contribution in [3.63, 3.8) is 0 Å². The zero-order chi connectivity index (χ0) is 16.1. The molecule has 3 N–H and O–H groups in total. The topological polar surface area (TPSA) is 93.1 Å². The Hall–Kier alpha value is -2.38. The molecule has 1 aromatic rings. The van der Waals surface area contributed by atoms with Crippen molar-refractivity contribution in [3.05, 3.63) is 36.0 Å². The minimum absolute atomic E-state index is 0.00968. The van der Waals surface area contributed by atoms with Gasteiger partial charge in [0, 0.05) is 31.0 Å². The molecular formula is C15H19N3O4. The summed E-state index contributed by atoms with van der Waals surface area (Å²) in [6.45, 7) is 0.330. The number of likely N-dealkylation sites (N-methyl/N-ethyl adjacent to an activating group) is 1. The molecule has 1 heterocycles. The molecule has 0 bridgehead atoms. The minimum Gasteiger partial charge on any atom is -0.395 e. The molecule has 1 aliphatic heterocycles. The van der Waals surface area contributed by atoms with E-state index in [1.54, 1.807) is 12.1 Å². The van der Waals surface area contributed by atoms with E-state index in [4.69, 9.17) is 10.2 Å². The Labute approximate surface area is 128 Å². The van der Waals surface area contributed by atoms with Crippen LogP contribution in [-0.2, 0) is 9.59 Å². The number of carbonyl (C=O) groups excluding carboxylic acids is 2. The van der Waals surface area contributed by atoms with E-state index >= 15 is 0 Å². The second-order valence-corrected chi connectivity index (χ2v) is 4.89. The van der Waals surface area contributed by atoms with E-state index < -0.39 is 11.8 Å². The lowest BCUT2D eigenvalue weighted by Gasteiger charge is -2.18. The number of nitrogens with one attached hydrogen (secondary N) is 1. The lowest BCUT2D eigenvalue weighted by atomic mass is 10.2. The van der Waals surface area contributed by atoms with Crippen LogP contribution in [0, 0.1) is 0 Å². The normalized spacial score (nSPS) is 14.3. The summed E-state index contributed by atoms with van der Waals surface area (Å²) in [6.07, 6.45) is 1.23. The number of nitrogens with zero attached hydrogens (tertiary/aromatic N) is 2. The van der Waals surface area contributed by atoms with Gasteiger partial charge in [0.25, 0.3) is 11.8 Å². The number of carbonyl (C=O) groups is 2. The van der Waals surface area contributed by atoms with Gasteiger partial charge in [-0.25, -0.2) is 0 Å². The maximum absolute atomic E-state index is 12.0. The Morgan fingerprint density at radius 1 is 1.14 bits per heavy atom. The first kappa shape index (κ1) is 16.0. The Balaban J connectivity index is 2.04. The van der Waals surface area contributed by atoms with Crippen LogP contribution in [0.4, 0.5) is 11.4 Å². The summed E-state index contributed by atoms with van der Waals surface area (Å²) < 4.78 is 0. The molecule has 7 nitrogen and oxygen atoms in total. The number of aliphatic hydroxyl groups excluding tert-OH is 2. The van der Waals surface area contributed by atoms with Gasteiger partial charge in [-0.05, 0) is 24.3 Å². The zero-order valence-corrected chi connectivity index (χ0v) is 12.3. The van der Waals surface area contributed by atoms with E-state index in [9.17, 15) is 9.59 Å². The maximum Gasteiger partial charge on any atom is 0.277 e. The van der Waals surface area contributed by atoms with Crippen LogP contribution in [0.15, 0.2) is 36.0 Å². The predicted octanol–water partition coefficient (Wildman–Crippen LogP) is -0.228. The van der Waals surface area contributed by atoms with Crippen molar-refractivity contribution in [1.29, 1.82) is 0 Å². The standard InChI is InChI=1S/C15H19N3O4/c1-17(6-8-19)12-4-2-11(3-5-12)16-13-10-14(21)18(7-9-20)15(13)22/h2-5,10,16,19-20H,6-9H2,1H3. The largest absolute Gasteiger partial charge is 0.395 e. The number of imide groups is 1. The third kappa shape index (κ3) is 3.44. The molecule has 1 aromatic carbocycles. The van der Waals surface area contributed by atoms with Crippen molar-refractivity contribution in [2.75, 3.05) is 43.6 Å². The van der Waals surface area contributed by atoms with E-state index in [1.807, 2.05) is 24.1 Å². The molecule has 0 radical (unpaired) electrons. The Bertz CT molecular complexity index is 583. The molecule has 2 rings (SSSR count). The van der Waals surface area contributed by atoms with E-state index in [1.165, 1.54) is 6.08 Å². The summed E-state index contributed by atoms with van der Waals surface area (Å²) in [5.41, 5.74) is 1.80. The highest BCUT2D eigenvalue weighted by Gasteiger charge is 2.30. The van der Waals surface area contributed by atoms with E-state index in [0.29, 0.717) is 12.2 Å². The van der Waals surface area contributed by atoms with Gasteiger partial charge < -0.3 is 20.4 Å². The van der Waals surface area contributed by atoms with E-state index in [0.717, 1.165) is 10.6 Å². The summed E-state index contributed by atoms with van der Waals surface area (Å²) in [5, 5.41) is 20.7. The molecule has 118 valence electrons. The number of anilines is 2. The first-order valence-corrected chi connectivity index (χ1v) is 6.94. The Morgan fingerprint density at radius 3 is 2.41 bits per heavy atom. The number of benzene rings is 1. The van der Waals surface area contributed by atoms with Crippen LogP contribution in [0.3, 0.4) is 0 Å². The lowest BCUT2D eigenvalue weighted by molar-refractivity contribution is -0.137. The maximum atomic E-state index is 12.0. The van der Waals surface area contributed by atoms with Crippen LogP contribution in [-0.4, -0.2) is 60.3 Å². The average Bonchev–Trinajstić information content (AvgIpc) is 2.76. The molecule has 2 amide bonds. The molecule has 1 aliphatic rings. The van der Waals surface area contributed by atoms with Crippen LogP contribution in [0.25, 0.3) is 0 Å². The fraction of sp³-hybridized carbons (Fsp3) is 0.333.